The van der Waals surface area contributed by atoms with E-state index >= 15 is 0 Å². The lowest BCUT2D eigenvalue weighted by molar-refractivity contribution is -0.117. The molecule has 3 aromatic carbocycles. The monoisotopic (exact) mass is 533 g/mol. The fourth-order valence-electron chi connectivity index (χ4n) is 4.88. The van der Waals surface area contributed by atoms with Crippen molar-refractivity contribution in [1.82, 2.24) is 15.0 Å². The molecule has 0 spiro atoms. The first-order valence-corrected chi connectivity index (χ1v) is 13.4. The van der Waals surface area contributed by atoms with Crippen LogP contribution in [0.15, 0.2) is 91.3 Å². The number of hydrogen-bond acceptors (Lipinski definition) is 7. The summed E-state index contributed by atoms with van der Waals surface area (Å²) in [6.07, 6.45) is 4.09. The van der Waals surface area contributed by atoms with E-state index in [-0.39, 0.29) is 5.91 Å². The van der Waals surface area contributed by atoms with Crippen molar-refractivity contribution in [1.29, 1.82) is 0 Å². The van der Waals surface area contributed by atoms with Gasteiger partial charge in [0.1, 0.15) is 0 Å². The van der Waals surface area contributed by atoms with Gasteiger partial charge in [-0.1, -0.05) is 30.3 Å². The Labute approximate surface area is 232 Å². The number of anilines is 4. The Morgan fingerprint density at radius 3 is 2.52 bits per heavy atom. The van der Waals surface area contributed by atoms with Crippen LogP contribution in [0.1, 0.15) is 5.56 Å². The van der Waals surface area contributed by atoms with Gasteiger partial charge in [-0.3, -0.25) is 4.79 Å². The molecule has 1 aliphatic rings. The number of nitrogens with one attached hydrogen (secondary N) is 3. The number of carbonyl (C=O) groups is 1. The number of benzene rings is 3. The molecule has 1 amide bonds. The van der Waals surface area contributed by atoms with E-state index in [4.69, 9.17) is 10.5 Å². The second-order valence-corrected chi connectivity index (χ2v) is 9.77. The molecule has 0 radical (unpaired) electrons. The largest absolute Gasteiger partial charge is 0.378 e. The minimum absolute atomic E-state index is 0.230. The maximum atomic E-state index is 12.8. The van der Waals surface area contributed by atoms with Crippen LogP contribution in [0, 0.1) is 0 Å². The van der Waals surface area contributed by atoms with Crippen molar-refractivity contribution >= 4 is 39.8 Å². The van der Waals surface area contributed by atoms with E-state index in [2.05, 4.69) is 42.6 Å². The molecule has 2 aromatic heterocycles. The average Bonchev–Trinajstić information content (AvgIpc) is 3.41. The highest BCUT2D eigenvalue weighted by Gasteiger charge is 2.17. The van der Waals surface area contributed by atoms with Crippen molar-refractivity contribution in [2.75, 3.05) is 41.8 Å². The number of aromatic nitrogens is 3. The van der Waals surface area contributed by atoms with Gasteiger partial charge in [0.2, 0.25) is 11.9 Å². The van der Waals surface area contributed by atoms with Gasteiger partial charge in [-0.2, -0.15) is 0 Å². The SMILES string of the molecule is N[C@@H](Cc1c[nH]c2ccccc12)C(=O)Nc1ccc(-c2ccnc(Nc3ccc(N4CCOCC4)cc3)n2)cc1. The van der Waals surface area contributed by atoms with E-state index in [9.17, 15) is 4.79 Å². The first-order chi connectivity index (χ1) is 19.6. The molecular weight excluding hydrogens is 502 g/mol. The molecule has 1 atom stereocenters. The van der Waals surface area contributed by atoms with Crippen LogP contribution in [0.3, 0.4) is 0 Å². The molecule has 1 fully saturated rings. The van der Waals surface area contributed by atoms with Crippen molar-refractivity contribution in [3.05, 3.63) is 96.8 Å². The second-order valence-electron chi connectivity index (χ2n) is 9.77. The Hall–Kier alpha value is -4.73. The minimum Gasteiger partial charge on any atom is -0.378 e. The van der Waals surface area contributed by atoms with Crippen molar-refractivity contribution < 1.29 is 9.53 Å². The molecule has 202 valence electrons. The zero-order valence-electron chi connectivity index (χ0n) is 22.0. The summed E-state index contributed by atoms with van der Waals surface area (Å²) < 4.78 is 5.44. The third-order valence-corrected chi connectivity index (χ3v) is 7.05. The molecule has 40 heavy (non-hydrogen) atoms. The summed E-state index contributed by atoms with van der Waals surface area (Å²) in [5, 5.41) is 7.29. The number of nitrogens with zero attached hydrogens (tertiary/aromatic N) is 3. The van der Waals surface area contributed by atoms with Crippen LogP contribution in [-0.2, 0) is 16.0 Å². The van der Waals surface area contributed by atoms with Gasteiger partial charge in [0.05, 0.1) is 24.9 Å². The Balaban J connectivity index is 1.07. The summed E-state index contributed by atoms with van der Waals surface area (Å²) in [7, 11) is 0. The van der Waals surface area contributed by atoms with Crippen LogP contribution in [0.4, 0.5) is 23.0 Å². The summed E-state index contributed by atoms with van der Waals surface area (Å²) in [6, 6.07) is 25.0. The fourth-order valence-corrected chi connectivity index (χ4v) is 4.88. The second kappa shape index (κ2) is 11.6. The molecule has 0 aliphatic carbocycles. The van der Waals surface area contributed by atoms with Gasteiger partial charge in [-0.05, 0) is 60.5 Å². The first-order valence-electron chi connectivity index (χ1n) is 13.4. The smallest absolute Gasteiger partial charge is 0.241 e. The number of H-pyrrole nitrogens is 1. The van der Waals surface area contributed by atoms with E-state index in [0.717, 1.165) is 59.7 Å². The maximum absolute atomic E-state index is 12.8. The molecule has 3 heterocycles. The number of para-hydroxylation sites is 1. The minimum atomic E-state index is -0.669. The zero-order chi connectivity index (χ0) is 27.3. The molecule has 0 bridgehead atoms. The van der Waals surface area contributed by atoms with E-state index in [1.54, 1.807) is 6.20 Å². The van der Waals surface area contributed by atoms with Gasteiger partial charge in [-0.15, -0.1) is 0 Å². The van der Waals surface area contributed by atoms with Crippen LogP contribution in [-0.4, -0.2) is 53.2 Å². The van der Waals surface area contributed by atoms with E-state index < -0.39 is 6.04 Å². The number of amides is 1. The average molecular weight is 534 g/mol. The Morgan fingerprint density at radius 2 is 1.73 bits per heavy atom. The standard InChI is InChI=1S/C31H31N7O2/c32-27(19-22-20-34-29-4-2-1-3-26(22)29)30(39)35-23-7-5-21(6-8-23)28-13-14-33-31(37-28)36-24-9-11-25(12-10-24)38-15-17-40-18-16-38/h1-14,20,27,34H,15-19,32H2,(H,35,39)(H,33,36,37)/t27-/m0/s1. The van der Waals surface area contributed by atoms with Gasteiger partial charge in [0.15, 0.2) is 0 Å². The quantitative estimate of drug-likeness (QED) is 0.228. The number of fused-ring (bicyclic) bond motifs is 1. The molecule has 9 nitrogen and oxygen atoms in total. The van der Waals surface area contributed by atoms with Gasteiger partial charge in [0.25, 0.3) is 0 Å². The lowest BCUT2D eigenvalue weighted by Gasteiger charge is -2.28. The normalized spacial score (nSPS) is 14.2. The molecule has 0 saturated carbocycles. The third kappa shape index (κ3) is 5.80. The topological polar surface area (TPSA) is 121 Å². The van der Waals surface area contributed by atoms with E-state index in [1.165, 1.54) is 5.69 Å². The number of rotatable bonds is 8. The van der Waals surface area contributed by atoms with Crippen LogP contribution in [0.2, 0.25) is 0 Å². The third-order valence-electron chi connectivity index (χ3n) is 7.05. The fraction of sp³-hybridized carbons (Fsp3) is 0.194. The molecule has 1 saturated heterocycles. The summed E-state index contributed by atoms with van der Waals surface area (Å²) in [4.78, 5) is 27.4. The van der Waals surface area contributed by atoms with Gasteiger partial charge < -0.3 is 31.0 Å². The molecule has 9 heteroatoms. The van der Waals surface area contributed by atoms with Crippen LogP contribution < -0.4 is 21.3 Å². The zero-order valence-corrected chi connectivity index (χ0v) is 22.0. The van der Waals surface area contributed by atoms with Crippen LogP contribution in [0.5, 0.6) is 0 Å². The van der Waals surface area contributed by atoms with Crippen molar-refractivity contribution in [2.45, 2.75) is 12.5 Å². The molecular formula is C31H31N7O2. The maximum Gasteiger partial charge on any atom is 0.241 e. The Bertz CT molecular complexity index is 1590. The predicted octanol–water partition coefficient (Wildman–Crippen LogP) is 4.71. The van der Waals surface area contributed by atoms with Crippen molar-refractivity contribution in [3.63, 3.8) is 0 Å². The molecule has 5 aromatic rings. The lowest BCUT2D eigenvalue weighted by atomic mass is 10.0. The van der Waals surface area contributed by atoms with E-state index in [1.807, 2.05) is 72.9 Å². The lowest BCUT2D eigenvalue weighted by Crippen LogP contribution is -2.37. The van der Waals surface area contributed by atoms with Gasteiger partial charge in [0, 0.05) is 59.0 Å². The van der Waals surface area contributed by atoms with Crippen molar-refractivity contribution in [2.24, 2.45) is 5.73 Å². The number of carbonyl (C=O) groups excluding carboxylic acids is 1. The number of aromatic amines is 1. The van der Waals surface area contributed by atoms with Gasteiger partial charge >= 0.3 is 0 Å². The van der Waals surface area contributed by atoms with Gasteiger partial charge in [-0.25, -0.2) is 9.97 Å². The van der Waals surface area contributed by atoms with E-state index in [0.29, 0.717) is 18.1 Å². The summed E-state index contributed by atoms with van der Waals surface area (Å²) in [6.45, 7) is 3.32. The molecule has 0 unspecified atom stereocenters. The number of morpholine rings is 1. The highest BCUT2D eigenvalue weighted by Crippen LogP contribution is 2.24. The number of ether oxygens (including phenoxy) is 1. The number of hydrogen-bond donors (Lipinski definition) is 4. The molecule has 6 rings (SSSR count). The summed E-state index contributed by atoms with van der Waals surface area (Å²) in [5.41, 5.74) is 12.7. The van der Waals surface area contributed by atoms with Crippen LogP contribution >= 0.6 is 0 Å². The Kier molecular flexibility index (Phi) is 7.39. The molecule has 5 N–H and O–H groups in total. The number of nitrogens with two attached hydrogens (primary N) is 1. The highest BCUT2D eigenvalue weighted by molar-refractivity contribution is 5.95. The Morgan fingerprint density at radius 1 is 0.975 bits per heavy atom. The first kappa shape index (κ1) is 25.5. The molecule has 1 aliphatic heterocycles. The van der Waals surface area contributed by atoms with Crippen LogP contribution in [0.25, 0.3) is 22.2 Å². The summed E-state index contributed by atoms with van der Waals surface area (Å²) in [5.74, 6) is 0.281. The predicted molar refractivity (Wildman–Crippen MR) is 159 cm³/mol. The highest BCUT2D eigenvalue weighted by atomic mass is 16.5. The van der Waals surface area contributed by atoms with Crippen molar-refractivity contribution in [3.8, 4) is 11.3 Å². The summed E-state index contributed by atoms with van der Waals surface area (Å²) >= 11 is 0.